The maximum atomic E-state index is 12.6. The fourth-order valence-corrected chi connectivity index (χ4v) is 7.66. The van der Waals surface area contributed by atoms with Crippen LogP contribution in [-0.4, -0.2) is 49.3 Å². The lowest BCUT2D eigenvalue weighted by atomic mass is 10.1. The molecular weight excluding hydrogens is 882 g/mol. The number of esters is 2. The highest BCUT2D eigenvalue weighted by atomic mass is 31.2. The number of phosphoric acid groups is 1. The number of hydrogen-bond donors (Lipinski definition) is 2. The molecule has 9 nitrogen and oxygen atoms in total. The van der Waals surface area contributed by atoms with Crippen LogP contribution in [-0.2, 0) is 32.7 Å². The van der Waals surface area contributed by atoms with Gasteiger partial charge in [-0.3, -0.25) is 18.6 Å². The molecule has 0 rings (SSSR count). The number of phosphoric ester groups is 1. The van der Waals surface area contributed by atoms with Gasteiger partial charge in [0.05, 0.1) is 13.2 Å². The fourth-order valence-electron chi connectivity index (χ4n) is 6.90. The molecule has 2 atom stereocenters. The Morgan fingerprint density at radius 2 is 0.797 bits per heavy atom. The molecule has 0 saturated carbocycles. The largest absolute Gasteiger partial charge is 0.472 e. The van der Waals surface area contributed by atoms with Crippen LogP contribution in [0.15, 0.2) is 122 Å². The highest BCUT2D eigenvalue weighted by Crippen LogP contribution is 2.43. The van der Waals surface area contributed by atoms with Crippen molar-refractivity contribution in [3.05, 3.63) is 122 Å². The van der Waals surface area contributed by atoms with Gasteiger partial charge in [0.25, 0.3) is 0 Å². The molecule has 0 aliphatic heterocycles. The van der Waals surface area contributed by atoms with Gasteiger partial charge in [-0.1, -0.05) is 225 Å². The van der Waals surface area contributed by atoms with Crippen LogP contribution < -0.4 is 5.73 Å². The summed E-state index contributed by atoms with van der Waals surface area (Å²) >= 11 is 0. The second-order valence-electron chi connectivity index (χ2n) is 17.4. The molecular formula is C59H98NO8P. The molecule has 0 heterocycles. The van der Waals surface area contributed by atoms with Gasteiger partial charge in [0, 0.05) is 19.4 Å². The van der Waals surface area contributed by atoms with Gasteiger partial charge < -0.3 is 20.1 Å². The summed E-state index contributed by atoms with van der Waals surface area (Å²) in [7, 11) is -4.38. The quantitative estimate of drug-likeness (QED) is 0.0264. The summed E-state index contributed by atoms with van der Waals surface area (Å²) in [6.45, 7) is 3.57. The molecule has 392 valence electrons. The van der Waals surface area contributed by atoms with E-state index < -0.39 is 32.5 Å². The van der Waals surface area contributed by atoms with Gasteiger partial charge in [0.15, 0.2) is 6.10 Å². The summed E-state index contributed by atoms with van der Waals surface area (Å²) in [4.78, 5) is 34.9. The molecule has 10 heteroatoms. The number of unbranched alkanes of at least 4 members (excludes halogenated alkanes) is 16. The van der Waals surface area contributed by atoms with E-state index in [0.717, 1.165) is 109 Å². The molecule has 0 aromatic heterocycles. The molecule has 0 bridgehead atoms. The third-order valence-electron chi connectivity index (χ3n) is 10.9. The molecule has 0 aromatic carbocycles. The maximum absolute atomic E-state index is 12.6. The minimum Gasteiger partial charge on any atom is -0.462 e. The third-order valence-corrected chi connectivity index (χ3v) is 11.8. The summed E-state index contributed by atoms with van der Waals surface area (Å²) in [5.41, 5.74) is 5.35. The Morgan fingerprint density at radius 3 is 1.19 bits per heavy atom. The first-order chi connectivity index (χ1) is 33.8. The normalized spacial score (nSPS) is 14.1. The molecule has 0 amide bonds. The van der Waals surface area contributed by atoms with E-state index in [1.165, 1.54) is 64.2 Å². The molecule has 0 saturated heterocycles. The van der Waals surface area contributed by atoms with Gasteiger partial charge in [-0.15, -0.1) is 0 Å². The van der Waals surface area contributed by atoms with Crippen LogP contribution in [0.25, 0.3) is 0 Å². The Morgan fingerprint density at radius 1 is 0.449 bits per heavy atom. The average Bonchev–Trinajstić information content (AvgIpc) is 3.34. The highest BCUT2D eigenvalue weighted by Gasteiger charge is 2.26. The van der Waals surface area contributed by atoms with Crippen molar-refractivity contribution in [2.45, 2.75) is 213 Å². The van der Waals surface area contributed by atoms with Crippen molar-refractivity contribution in [3.8, 4) is 0 Å². The molecule has 3 N–H and O–H groups in total. The lowest BCUT2D eigenvalue weighted by molar-refractivity contribution is -0.161. The van der Waals surface area contributed by atoms with E-state index in [2.05, 4.69) is 135 Å². The number of rotatable bonds is 49. The van der Waals surface area contributed by atoms with Gasteiger partial charge in [0.2, 0.25) is 0 Å². The maximum Gasteiger partial charge on any atom is 0.472 e. The zero-order chi connectivity index (χ0) is 50.2. The summed E-state index contributed by atoms with van der Waals surface area (Å²) in [6.07, 6.45) is 74.1. The molecule has 0 aliphatic rings. The number of nitrogens with two attached hydrogens (primary N) is 1. The van der Waals surface area contributed by atoms with E-state index in [1.807, 2.05) is 0 Å². The van der Waals surface area contributed by atoms with Gasteiger partial charge in [-0.25, -0.2) is 4.57 Å². The second-order valence-corrected chi connectivity index (χ2v) is 18.8. The lowest BCUT2D eigenvalue weighted by Gasteiger charge is -2.19. The molecule has 0 spiro atoms. The van der Waals surface area contributed by atoms with E-state index in [-0.39, 0.29) is 32.6 Å². The first-order valence-electron chi connectivity index (χ1n) is 27.0. The molecule has 0 aliphatic carbocycles. The van der Waals surface area contributed by atoms with E-state index in [0.29, 0.717) is 6.42 Å². The SMILES string of the molecule is CC/C=C\C/C=C\C/C=C\C/C=C\C/C=C\C/C=C\C/C=C\C/C=C\C/C=C\C/C=C\CCCCCCCCCCC(=O)OC(COC(=O)CCCCCCCCCCC)COP(=O)(O)OCCN. The van der Waals surface area contributed by atoms with Crippen LogP contribution >= 0.6 is 7.82 Å². The number of carbonyl (C=O) groups is 2. The van der Waals surface area contributed by atoms with Gasteiger partial charge in [-0.2, -0.15) is 0 Å². The van der Waals surface area contributed by atoms with Crippen molar-refractivity contribution in [1.29, 1.82) is 0 Å². The van der Waals surface area contributed by atoms with Crippen molar-refractivity contribution in [2.75, 3.05) is 26.4 Å². The van der Waals surface area contributed by atoms with Gasteiger partial charge in [-0.05, 0) is 89.9 Å². The van der Waals surface area contributed by atoms with Crippen LogP contribution in [0.5, 0.6) is 0 Å². The average molecular weight is 980 g/mol. The minimum atomic E-state index is -4.38. The smallest absolute Gasteiger partial charge is 0.462 e. The van der Waals surface area contributed by atoms with Crippen molar-refractivity contribution < 1.29 is 37.6 Å². The predicted molar refractivity (Wildman–Crippen MR) is 293 cm³/mol. The van der Waals surface area contributed by atoms with Crippen molar-refractivity contribution in [3.63, 3.8) is 0 Å². The van der Waals surface area contributed by atoms with Crippen molar-refractivity contribution >= 4 is 19.8 Å². The summed E-state index contributed by atoms with van der Waals surface area (Å²) in [6, 6.07) is 0. The minimum absolute atomic E-state index is 0.0474. The molecule has 0 fully saturated rings. The fraction of sp³-hybridized carbons (Fsp3) is 0.627. The molecule has 69 heavy (non-hydrogen) atoms. The summed E-state index contributed by atoms with van der Waals surface area (Å²) in [5, 5.41) is 0. The van der Waals surface area contributed by atoms with E-state index in [4.69, 9.17) is 24.3 Å². The zero-order valence-electron chi connectivity index (χ0n) is 43.5. The van der Waals surface area contributed by atoms with Crippen LogP contribution in [0, 0.1) is 0 Å². The Bertz CT molecular complexity index is 1540. The Kier molecular flexibility index (Phi) is 51.0. The van der Waals surface area contributed by atoms with Crippen LogP contribution in [0.1, 0.15) is 206 Å². The van der Waals surface area contributed by atoms with Crippen molar-refractivity contribution in [2.24, 2.45) is 5.73 Å². The Balaban J connectivity index is 3.95. The third kappa shape index (κ3) is 53.6. The Hall–Kier alpha value is -3.59. The Labute approximate surface area is 421 Å². The van der Waals surface area contributed by atoms with E-state index in [9.17, 15) is 19.0 Å². The van der Waals surface area contributed by atoms with Crippen molar-refractivity contribution in [1.82, 2.24) is 0 Å². The molecule has 0 aromatic rings. The second kappa shape index (κ2) is 53.8. The zero-order valence-corrected chi connectivity index (χ0v) is 44.4. The van der Waals surface area contributed by atoms with E-state index in [1.54, 1.807) is 0 Å². The first-order valence-corrected chi connectivity index (χ1v) is 28.5. The number of hydrogen-bond acceptors (Lipinski definition) is 8. The monoisotopic (exact) mass is 980 g/mol. The molecule has 2 unspecified atom stereocenters. The topological polar surface area (TPSA) is 134 Å². The van der Waals surface area contributed by atoms with E-state index >= 15 is 0 Å². The summed E-state index contributed by atoms with van der Waals surface area (Å²) < 4.78 is 32.8. The standard InChI is InChI=1S/C59H98NO8P/c1-3-5-7-9-11-13-14-15-16-17-18-19-20-21-22-23-24-25-26-27-28-29-30-31-32-33-34-35-36-37-38-39-40-41-42-44-46-48-50-52-59(62)68-57(56-67-69(63,64)66-54-53-60)55-65-58(61)51-49-47-45-43-12-10-8-6-4-2/h5,7,11,13,15-16,18-19,21-22,24-25,27-28,30-31,33-34,36-37,57H,3-4,6,8-10,12,14,17,20,23,26,29,32,35,38-56,60H2,1-2H3,(H,63,64)/b7-5-,13-11-,16-15-,19-18-,22-21-,25-24-,28-27-,31-30-,34-33-,37-36-. The number of allylic oxidation sites excluding steroid dienone is 20. The number of carbonyl (C=O) groups excluding carboxylic acids is 2. The van der Waals surface area contributed by atoms with Gasteiger partial charge in [0.1, 0.15) is 6.61 Å². The highest BCUT2D eigenvalue weighted by molar-refractivity contribution is 7.47. The first kappa shape index (κ1) is 65.4. The molecule has 0 radical (unpaired) electrons. The predicted octanol–water partition coefficient (Wildman–Crippen LogP) is 16.8. The van der Waals surface area contributed by atoms with Gasteiger partial charge >= 0.3 is 19.8 Å². The lowest BCUT2D eigenvalue weighted by Crippen LogP contribution is -2.29. The number of ether oxygens (including phenoxy) is 2. The summed E-state index contributed by atoms with van der Waals surface area (Å²) in [5.74, 6) is -0.847. The van der Waals surface area contributed by atoms with Crippen LogP contribution in [0.4, 0.5) is 0 Å². The van der Waals surface area contributed by atoms with Crippen LogP contribution in [0.2, 0.25) is 0 Å². The van der Waals surface area contributed by atoms with Crippen LogP contribution in [0.3, 0.4) is 0 Å².